The van der Waals surface area contributed by atoms with Crippen LogP contribution in [0.15, 0.2) is 72.8 Å². The Labute approximate surface area is 179 Å². The predicted octanol–water partition coefficient (Wildman–Crippen LogP) is 4.75. The van der Waals surface area contributed by atoms with E-state index in [0.717, 1.165) is 33.9 Å². The molecule has 1 saturated heterocycles. The summed E-state index contributed by atoms with van der Waals surface area (Å²) in [6.45, 7) is 1.14. The highest BCUT2D eigenvalue weighted by Gasteiger charge is 2.34. The van der Waals surface area contributed by atoms with Gasteiger partial charge in [0.15, 0.2) is 0 Å². The Kier molecular flexibility index (Phi) is 4.90. The van der Waals surface area contributed by atoms with Crippen LogP contribution in [0.3, 0.4) is 0 Å². The van der Waals surface area contributed by atoms with Crippen LogP contribution in [0.5, 0.6) is 5.75 Å². The van der Waals surface area contributed by atoms with Gasteiger partial charge in [0.1, 0.15) is 17.4 Å². The van der Waals surface area contributed by atoms with E-state index >= 15 is 0 Å². The minimum atomic E-state index is -0.254. The Morgan fingerprint density at radius 1 is 1.03 bits per heavy atom. The number of hydrogen-bond donors (Lipinski definition) is 0. The van der Waals surface area contributed by atoms with Crippen LogP contribution < -0.4 is 9.64 Å². The van der Waals surface area contributed by atoms with Gasteiger partial charge in [0.05, 0.1) is 18.1 Å². The number of ether oxygens (including phenoxy) is 1. The topological polar surface area (TPSA) is 47.4 Å². The minimum Gasteiger partial charge on any atom is -0.497 e. The van der Waals surface area contributed by atoms with Crippen LogP contribution in [-0.4, -0.2) is 29.1 Å². The average Bonchev–Trinajstić information content (AvgIpc) is 3.36. The first kappa shape index (κ1) is 19.3. The molecule has 3 aromatic carbocycles. The Balaban J connectivity index is 1.49. The fraction of sp³-hybridized carbons (Fsp3) is 0.200. The van der Waals surface area contributed by atoms with Gasteiger partial charge in [-0.3, -0.25) is 4.79 Å². The first-order valence-corrected chi connectivity index (χ1v) is 10.3. The quantitative estimate of drug-likeness (QED) is 0.473. The van der Waals surface area contributed by atoms with Gasteiger partial charge in [0.2, 0.25) is 5.91 Å². The number of carbonyl (C=O) groups is 1. The maximum Gasteiger partial charge on any atom is 0.227 e. The summed E-state index contributed by atoms with van der Waals surface area (Å²) in [6.07, 6.45) is 0.402. The third kappa shape index (κ3) is 3.65. The SMILES string of the molecule is COc1ccc(N2C[C@@H](c3nc4ccccc4n3Cc3ccc(F)cc3)CC2=O)cc1. The molecule has 1 aromatic heterocycles. The number of benzene rings is 3. The van der Waals surface area contributed by atoms with Gasteiger partial charge in [-0.25, -0.2) is 9.37 Å². The number of fused-ring (bicyclic) bond motifs is 1. The number of rotatable bonds is 5. The van der Waals surface area contributed by atoms with Crippen molar-refractivity contribution in [1.29, 1.82) is 0 Å². The summed E-state index contributed by atoms with van der Waals surface area (Å²) in [6, 6.07) is 22.0. The van der Waals surface area contributed by atoms with Crippen LogP contribution in [0.2, 0.25) is 0 Å². The van der Waals surface area contributed by atoms with E-state index < -0.39 is 0 Å². The zero-order valence-electron chi connectivity index (χ0n) is 17.2. The lowest BCUT2D eigenvalue weighted by atomic mass is 10.1. The molecule has 5 rings (SSSR count). The van der Waals surface area contributed by atoms with Crippen LogP contribution >= 0.6 is 0 Å². The number of methoxy groups -OCH3 is 1. The molecule has 1 aliphatic heterocycles. The van der Waals surface area contributed by atoms with Crippen LogP contribution in [0.25, 0.3) is 11.0 Å². The summed E-state index contributed by atoms with van der Waals surface area (Å²) in [7, 11) is 1.62. The highest BCUT2D eigenvalue weighted by atomic mass is 19.1. The molecule has 31 heavy (non-hydrogen) atoms. The van der Waals surface area contributed by atoms with E-state index in [2.05, 4.69) is 4.57 Å². The summed E-state index contributed by atoms with van der Waals surface area (Å²) < 4.78 is 20.7. The largest absolute Gasteiger partial charge is 0.497 e. The molecule has 1 aliphatic rings. The fourth-order valence-corrected chi connectivity index (χ4v) is 4.24. The van der Waals surface area contributed by atoms with Crippen LogP contribution in [-0.2, 0) is 11.3 Å². The number of anilines is 1. The molecule has 0 saturated carbocycles. The minimum absolute atomic E-state index is 0.0255. The van der Waals surface area contributed by atoms with Crippen molar-refractivity contribution < 1.29 is 13.9 Å². The van der Waals surface area contributed by atoms with Gasteiger partial charge < -0.3 is 14.2 Å². The molecule has 4 aromatic rings. The van der Waals surface area contributed by atoms with E-state index in [-0.39, 0.29) is 17.6 Å². The van der Waals surface area contributed by atoms with Crippen molar-refractivity contribution in [3.63, 3.8) is 0 Å². The second-order valence-electron chi connectivity index (χ2n) is 7.77. The normalized spacial score (nSPS) is 16.3. The molecule has 2 heterocycles. The molecule has 0 N–H and O–H groups in total. The standard InChI is InChI=1S/C25H22FN3O2/c1-31-21-12-10-20(11-13-21)28-16-18(14-24(28)30)25-27-22-4-2-3-5-23(22)29(25)15-17-6-8-19(26)9-7-17/h2-13,18H,14-16H2,1H3/t18-/m0/s1. The Bertz CT molecular complexity index is 1230. The van der Waals surface area contributed by atoms with Gasteiger partial charge >= 0.3 is 0 Å². The van der Waals surface area contributed by atoms with E-state index in [4.69, 9.17) is 9.72 Å². The molecule has 1 amide bonds. The first-order valence-electron chi connectivity index (χ1n) is 10.3. The lowest BCUT2D eigenvalue weighted by molar-refractivity contribution is -0.117. The second-order valence-corrected chi connectivity index (χ2v) is 7.77. The summed E-state index contributed by atoms with van der Waals surface area (Å²) in [4.78, 5) is 19.6. The van der Waals surface area contributed by atoms with Gasteiger partial charge in [0, 0.05) is 31.1 Å². The molecule has 156 valence electrons. The van der Waals surface area contributed by atoms with E-state index in [1.54, 1.807) is 19.2 Å². The van der Waals surface area contributed by atoms with Crippen molar-refractivity contribution in [3.8, 4) is 5.75 Å². The monoisotopic (exact) mass is 415 g/mol. The molecule has 0 bridgehead atoms. The molecule has 1 fully saturated rings. The number of imidazole rings is 1. The van der Waals surface area contributed by atoms with Gasteiger partial charge in [-0.15, -0.1) is 0 Å². The molecular weight excluding hydrogens is 393 g/mol. The maximum atomic E-state index is 13.4. The maximum absolute atomic E-state index is 13.4. The fourth-order valence-electron chi connectivity index (χ4n) is 4.24. The van der Waals surface area contributed by atoms with E-state index in [1.165, 1.54) is 12.1 Å². The van der Waals surface area contributed by atoms with Crippen molar-refractivity contribution in [2.75, 3.05) is 18.6 Å². The Hall–Kier alpha value is -3.67. The van der Waals surface area contributed by atoms with Crippen molar-refractivity contribution in [2.45, 2.75) is 18.9 Å². The third-order valence-electron chi connectivity index (χ3n) is 5.81. The smallest absolute Gasteiger partial charge is 0.227 e. The molecular formula is C25H22FN3O2. The summed E-state index contributed by atoms with van der Waals surface area (Å²) in [5, 5.41) is 0. The summed E-state index contributed by atoms with van der Waals surface area (Å²) in [5.41, 5.74) is 3.75. The van der Waals surface area contributed by atoms with Crippen molar-refractivity contribution in [1.82, 2.24) is 9.55 Å². The van der Waals surface area contributed by atoms with Gasteiger partial charge in [-0.2, -0.15) is 0 Å². The van der Waals surface area contributed by atoms with E-state index in [1.807, 2.05) is 53.4 Å². The molecule has 5 nitrogen and oxygen atoms in total. The highest BCUT2D eigenvalue weighted by Crippen LogP contribution is 2.34. The zero-order chi connectivity index (χ0) is 21.4. The summed E-state index contributed by atoms with van der Waals surface area (Å²) in [5.74, 6) is 1.44. The second kappa shape index (κ2) is 7.87. The lowest BCUT2D eigenvalue weighted by Crippen LogP contribution is -2.24. The summed E-state index contributed by atoms with van der Waals surface area (Å²) >= 11 is 0. The Morgan fingerprint density at radius 2 is 1.77 bits per heavy atom. The molecule has 0 spiro atoms. The van der Waals surface area contributed by atoms with Gasteiger partial charge in [-0.05, 0) is 54.1 Å². The third-order valence-corrected chi connectivity index (χ3v) is 5.81. The van der Waals surface area contributed by atoms with Crippen molar-refractivity contribution >= 4 is 22.6 Å². The van der Waals surface area contributed by atoms with Gasteiger partial charge in [0.25, 0.3) is 0 Å². The highest BCUT2D eigenvalue weighted by molar-refractivity contribution is 5.96. The average molecular weight is 415 g/mol. The predicted molar refractivity (Wildman–Crippen MR) is 118 cm³/mol. The molecule has 0 aliphatic carbocycles. The van der Waals surface area contributed by atoms with Crippen molar-refractivity contribution in [2.24, 2.45) is 0 Å². The van der Waals surface area contributed by atoms with Crippen LogP contribution in [0, 0.1) is 5.82 Å². The van der Waals surface area contributed by atoms with E-state index in [0.29, 0.717) is 19.5 Å². The van der Waals surface area contributed by atoms with Gasteiger partial charge in [-0.1, -0.05) is 24.3 Å². The number of halogens is 1. The molecule has 1 atom stereocenters. The Morgan fingerprint density at radius 3 is 2.52 bits per heavy atom. The first-order chi connectivity index (χ1) is 15.1. The lowest BCUT2D eigenvalue weighted by Gasteiger charge is -2.18. The van der Waals surface area contributed by atoms with Crippen LogP contribution in [0.4, 0.5) is 10.1 Å². The van der Waals surface area contributed by atoms with Crippen LogP contribution in [0.1, 0.15) is 23.7 Å². The molecule has 6 heteroatoms. The molecule has 0 radical (unpaired) electrons. The number of aromatic nitrogens is 2. The zero-order valence-corrected chi connectivity index (χ0v) is 17.2. The number of hydrogen-bond acceptors (Lipinski definition) is 3. The number of carbonyl (C=O) groups excluding carboxylic acids is 1. The van der Waals surface area contributed by atoms with Crippen molar-refractivity contribution in [3.05, 3.63) is 90.0 Å². The number of amides is 1. The number of para-hydroxylation sites is 2. The molecule has 0 unspecified atom stereocenters. The van der Waals surface area contributed by atoms with E-state index in [9.17, 15) is 9.18 Å². The number of nitrogens with zero attached hydrogens (tertiary/aromatic N) is 3.